The molecule has 0 saturated heterocycles. The van der Waals surface area contributed by atoms with Crippen molar-refractivity contribution in [3.63, 3.8) is 0 Å². The number of hydrogen-bond donors (Lipinski definition) is 5. The van der Waals surface area contributed by atoms with Crippen LogP contribution >= 0.6 is 11.3 Å². The first-order valence-corrected chi connectivity index (χ1v) is 15.4. The van der Waals surface area contributed by atoms with Gasteiger partial charge in [0.1, 0.15) is 28.2 Å². The molecule has 10 nitrogen and oxygen atoms in total. The van der Waals surface area contributed by atoms with Gasteiger partial charge < -0.3 is 30.7 Å². The van der Waals surface area contributed by atoms with E-state index >= 15 is 0 Å². The summed E-state index contributed by atoms with van der Waals surface area (Å²) >= 11 is 1.47. The number of ether oxygens (including phenoxy) is 1. The summed E-state index contributed by atoms with van der Waals surface area (Å²) < 4.78 is 42.7. The Morgan fingerprint density at radius 3 is 2.38 bits per heavy atom. The van der Waals surface area contributed by atoms with Gasteiger partial charge in [-0.15, -0.1) is 24.5 Å². The highest BCUT2D eigenvalue weighted by atomic mass is 32.1. The molecule has 1 fully saturated rings. The number of aromatic nitrogens is 4. The first-order chi connectivity index (χ1) is 21.1. The van der Waals surface area contributed by atoms with Crippen molar-refractivity contribution in [1.82, 2.24) is 19.9 Å². The van der Waals surface area contributed by atoms with E-state index in [-0.39, 0.29) is 23.7 Å². The second kappa shape index (κ2) is 12.7. The Kier molecular flexibility index (Phi) is 9.23. The van der Waals surface area contributed by atoms with E-state index in [2.05, 4.69) is 41.1 Å². The number of aryl methyl sites for hydroxylation is 1. The van der Waals surface area contributed by atoms with Crippen molar-refractivity contribution >= 4 is 33.3 Å². The zero-order valence-electron chi connectivity index (χ0n) is 25.6. The molecule has 0 aliphatic heterocycles. The maximum atomic E-state index is 12.6. The highest BCUT2D eigenvalue weighted by Gasteiger charge is 2.41. The van der Waals surface area contributed by atoms with Crippen LogP contribution in [0.3, 0.4) is 0 Å². The first kappa shape index (κ1) is 32.8. The summed E-state index contributed by atoms with van der Waals surface area (Å²) in [5.74, 6) is -0.203. The minimum Gasteiger partial charge on any atom is -0.406 e. The normalized spacial score (nSPS) is 21.2. The third-order valence-electron chi connectivity index (χ3n) is 7.70. The number of rotatable bonds is 9. The van der Waals surface area contributed by atoms with Crippen molar-refractivity contribution in [2.45, 2.75) is 78.1 Å². The molecular weight excluding hydrogens is 609 g/mol. The minimum absolute atomic E-state index is 0.00477. The topological polar surface area (TPSA) is 146 Å². The van der Waals surface area contributed by atoms with Gasteiger partial charge in [0.05, 0.1) is 39.8 Å². The number of thiazole rings is 1. The number of alkyl halides is 3. The molecule has 14 heteroatoms. The van der Waals surface area contributed by atoms with Crippen LogP contribution in [-0.2, 0) is 6.42 Å². The fourth-order valence-electron chi connectivity index (χ4n) is 5.50. The van der Waals surface area contributed by atoms with Gasteiger partial charge in [-0.1, -0.05) is 32.9 Å². The summed E-state index contributed by atoms with van der Waals surface area (Å²) in [4.78, 5) is 19.0. The van der Waals surface area contributed by atoms with E-state index in [0.29, 0.717) is 34.1 Å². The van der Waals surface area contributed by atoms with E-state index in [4.69, 9.17) is 15.0 Å². The summed E-state index contributed by atoms with van der Waals surface area (Å²) in [6.45, 7) is 9.78. The van der Waals surface area contributed by atoms with Gasteiger partial charge in [-0.05, 0) is 55.9 Å². The quantitative estimate of drug-likeness (QED) is 0.155. The number of hydrogen-bond acceptors (Lipinski definition) is 11. The number of nitrogens with zero attached hydrogens (tertiary/aromatic N) is 4. The summed E-state index contributed by atoms with van der Waals surface area (Å²) in [5, 5.41) is 38.1. The zero-order chi connectivity index (χ0) is 32.7. The fraction of sp³-hybridized carbons (Fsp3) is 0.484. The van der Waals surface area contributed by atoms with Crippen molar-refractivity contribution in [3.8, 4) is 16.3 Å². The Morgan fingerprint density at radius 2 is 1.76 bits per heavy atom. The highest BCUT2D eigenvalue weighted by molar-refractivity contribution is 7.21. The molecule has 1 aromatic carbocycles. The molecule has 1 saturated carbocycles. The Balaban J connectivity index is 1.51. The van der Waals surface area contributed by atoms with E-state index < -0.39 is 36.6 Å². The van der Waals surface area contributed by atoms with Gasteiger partial charge in [-0.2, -0.15) is 4.98 Å². The Hall–Kier alpha value is -3.59. The first-order valence-electron chi connectivity index (χ1n) is 14.6. The van der Waals surface area contributed by atoms with Gasteiger partial charge in [0, 0.05) is 18.7 Å². The van der Waals surface area contributed by atoms with Crippen LogP contribution in [-0.4, -0.2) is 66.5 Å². The number of nitrogens with one attached hydrogen (secondary N) is 2. The summed E-state index contributed by atoms with van der Waals surface area (Å²) in [5.41, 5.74) is 3.56. The van der Waals surface area contributed by atoms with Crippen LogP contribution in [0.5, 0.6) is 5.75 Å². The number of aliphatic hydroxyl groups is 3. The van der Waals surface area contributed by atoms with E-state index in [9.17, 15) is 28.5 Å². The van der Waals surface area contributed by atoms with Crippen molar-refractivity contribution in [1.29, 1.82) is 0 Å². The van der Waals surface area contributed by atoms with Crippen LogP contribution in [0.15, 0.2) is 36.5 Å². The van der Waals surface area contributed by atoms with E-state index in [1.54, 1.807) is 6.20 Å². The molecular formula is C31H37F3N6O4S. The van der Waals surface area contributed by atoms with Crippen molar-refractivity contribution in [2.75, 3.05) is 17.2 Å². The summed E-state index contributed by atoms with van der Waals surface area (Å²) in [6, 6.07) is 6.44. The molecule has 4 aromatic rings. The molecule has 5 rings (SSSR count). The van der Waals surface area contributed by atoms with Gasteiger partial charge in [0.25, 0.3) is 0 Å². The smallest absolute Gasteiger partial charge is 0.406 e. The zero-order valence-corrected chi connectivity index (χ0v) is 26.4. The minimum atomic E-state index is -4.78. The van der Waals surface area contributed by atoms with Crippen LogP contribution in [0.1, 0.15) is 57.1 Å². The Bertz CT molecular complexity index is 1640. The molecule has 3 heterocycles. The van der Waals surface area contributed by atoms with Crippen molar-refractivity contribution < 1.29 is 33.2 Å². The number of aliphatic hydroxyl groups excluding tert-OH is 3. The molecule has 0 unspecified atom stereocenters. The molecule has 3 aromatic heterocycles. The lowest BCUT2D eigenvalue weighted by Gasteiger charge is -2.22. The predicted molar refractivity (Wildman–Crippen MR) is 166 cm³/mol. The molecule has 45 heavy (non-hydrogen) atoms. The third kappa shape index (κ3) is 7.63. The molecule has 0 bridgehead atoms. The monoisotopic (exact) mass is 646 g/mol. The van der Waals surface area contributed by atoms with Gasteiger partial charge in [-0.3, -0.25) is 4.98 Å². The summed E-state index contributed by atoms with van der Waals surface area (Å²) in [6.07, 6.45) is -4.21. The van der Waals surface area contributed by atoms with E-state index in [1.807, 2.05) is 19.9 Å². The van der Waals surface area contributed by atoms with Crippen LogP contribution in [0.4, 0.5) is 24.9 Å². The molecule has 0 amide bonds. The molecule has 1 aliphatic carbocycles. The average Bonchev–Trinajstić information content (AvgIpc) is 3.48. The van der Waals surface area contributed by atoms with Crippen LogP contribution in [0.25, 0.3) is 20.8 Å². The third-order valence-corrected chi connectivity index (χ3v) is 8.74. The van der Waals surface area contributed by atoms with Gasteiger partial charge in [0.15, 0.2) is 0 Å². The lowest BCUT2D eigenvalue weighted by Crippen LogP contribution is -2.35. The van der Waals surface area contributed by atoms with E-state index in [0.717, 1.165) is 22.3 Å². The number of halogens is 3. The molecule has 0 radical (unpaired) electrons. The highest BCUT2D eigenvalue weighted by Crippen LogP contribution is 2.39. The molecule has 5 atom stereocenters. The maximum absolute atomic E-state index is 12.6. The Morgan fingerprint density at radius 1 is 1.04 bits per heavy atom. The number of pyridine rings is 1. The lowest BCUT2D eigenvalue weighted by molar-refractivity contribution is -0.274. The van der Waals surface area contributed by atoms with Crippen LogP contribution in [0, 0.1) is 18.3 Å². The predicted octanol–water partition coefficient (Wildman–Crippen LogP) is 5.63. The number of anilines is 2. The second-order valence-corrected chi connectivity index (χ2v) is 13.6. The average molecular weight is 647 g/mol. The largest absolute Gasteiger partial charge is 0.573 e. The fourth-order valence-corrected chi connectivity index (χ4v) is 6.58. The number of benzene rings is 1. The van der Waals surface area contributed by atoms with Gasteiger partial charge >= 0.3 is 6.36 Å². The summed E-state index contributed by atoms with van der Waals surface area (Å²) in [7, 11) is 0. The number of fused-ring (bicyclic) bond motifs is 1. The van der Waals surface area contributed by atoms with Crippen LogP contribution in [0.2, 0.25) is 0 Å². The van der Waals surface area contributed by atoms with Gasteiger partial charge in [0.2, 0.25) is 5.95 Å². The standard InChI is InChI=1S/C31H37F3N6O4S/c1-15(17-6-8-19(9-7-17)44-31(32,33)34)36-29-37-16(2)23(27(40-29)38-20-12-18(14-41)25(42)26(20)43)28-39-24-21(13-30(3,4)5)35-11-10-22(24)45-28/h6-11,15,18,20,25-26,41-43H,12-14H2,1-5H3,(H2,36,37,38,40)/t15-,18-,20-,25-,26+/m1/s1. The van der Waals surface area contributed by atoms with Crippen molar-refractivity contribution in [2.24, 2.45) is 11.3 Å². The molecule has 242 valence electrons. The van der Waals surface area contributed by atoms with Crippen molar-refractivity contribution in [3.05, 3.63) is 53.5 Å². The van der Waals surface area contributed by atoms with Crippen LogP contribution < -0.4 is 15.4 Å². The van der Waals surface area contributed by atoms with E-state index in [1.165, 1.54) is 35.6 Å². The molecule has 1 aliphatic rings. The lowest BCUT2D eigenvalue weighted by atomic mass is 9.90. The molecule has 0 spiro atoms. The maximum Gasteiger partial charge on any atom is 0.573 e. The Labute approximate surface area is 262 Å². The SMILES string of the molecule is Cc1nc(N[C@H](C)c2ccc(OC(F)(F)F)cc2)nc(N[C@@H]2C[C@H](CO)[C@@H](O)[C@H]2O)c1-c1nc2c(CC(C)(C)C)nccc2s1. The van der Waals surface area contributed by atoms with Gasteiger partial charge in [-0.25, -0.2) is 9.97 Å². The molecule has 5 N–H and O–H groups in total. The second-order valence-electron chi connectivity index (χ2n) is 12.6.